The molecule has 17 heavy (non-hydrogen) atoms. The molecule has 2 aromatic carbocycles. The van der Waals surface area contributed by atoms with E-state index >= 15 is 0 Å². The first-order chi connectivity index (χ1) is 7.70. The largest absolute Gasteiger partial charge is 0.507 e. The van der Waals surface area contributed by atoms with E-state index in [9.17, 15) is 5.11 Å². The van der Waals surface area contributed by atoms with E-state index in [2.05, 4.69) is 0 Å². The number of phenols is 1. The van der Waals surface area contributed by atoms with Gasteiger partial charge in [-0.05, 0) is 35.4 Å². The lowest BCUT2D eigenvalue weighted by atomic mass is 10.0. The summed E-state index contributed by atoms with van der Waals surface area (Å²) < 4.78 is 0. The van der Waals surface area contributed by atoms with Gasteiger partial charge in [-0.3, -0.25) is 0 Å². The second-order valence-corrected chi connectivity index (χ2v) is 3.68. The molecule has 2 rings (SSSR count). The second kappa shape index (κ2) is 5.57. The minimum Gasteiger partial charge on any atom is -0.507 e. The molecule has 2 aromatic rings. The van der Waals surface area contributed by atoms with Gasteiger partial charge in [0.15, 0.2) is 0 Å². The van der Waals surface area contributed by atoms with Crippen molar-refractivity contribution in [1.29, 1.82) is 0 Å². The van der Waals surface area contributed by atoms with Gasteiger partial charge in [-0.1, -0.05) is 18.2 Å². The Balaban J connectivity index is 0.00000144. The van der Waals surface area contributed by atoms with Crippen LogP contribution in [0, 0.1) is 0 Å². The molecule has 0 fully saturated rings. The highest BCUT2D eigenvalue weighted by Crippen LogP contribution is 2.31. The highest BCUT2D eigenvalue weighted by Gasteiger charge is 2.04. The van der Waals surface area contributed by atoms with Crippen molar-refractivity contribution in [2.24, 2.45) is 5.73 Å². The molecule has 0 saturated carbocycles. The van der Waals surface area contributed by atoms with Gasteiger partial charge in [0.05, 0.1) is 0 Å². The predicted octanol–water partition coefficient (Wildman–Crippen LogP) is 2.52. The van der Waals surface area contributed by atoms with E-state index in [1.807, 2.05) is 24.3 Å². The molecule has 0 aliphatic heterocycles. The van der Waals surface area contributed by atoms with Crippen molar-refractivity contribution >= 4 is 18.1 Å². The number of rotatable bonds is 2. The topological polar surface area (TPSA) is 72.3 Å². The third-order valence-corrected chi connectivity index (χ3v) is 2.49. The number of hydrogen-bond acceptors (Lipinski definition) is 3. The molecule has 0 radical (unpaired) electrons. The van der Waals surface area contributed by atoms with Crippen LogP contribution in [-0.4, -0.2) is 5.11 Å². The van der Waals surface area contributed by atoms with Crippen LogP contribution in [0.5, 0.6) is 5.75 Å². The molecule has 0 aliphatic carbocycles. The van der Waals surface area contributed by atoms with Crippen molar-refractivity contribution in [2.45, 2.75) is 6.54 Å². The van der Waals surface area contributed by atoms with Crippen molar-refractivity contribution in [3.8, 4) is 16.9 Å². The van der Waals surface area contributed by atoms with Crippen LogP contribution in [0.3, 0.4) is 0 Å². The smallest absolute Gasteiger partial charge is 0.123 e. The molecule has 90 valence electrons. The summed E-state index contributed by atoms with van der Waals surface area (Å²) in [6.07, 6.45) is 0. The minimum absolute atomic E-state index is 0. The van der Waals surface area contributed by atoms with E-state index < -0.39 is 0 Å². The van der Waals surface area contributed by atoms with Crippen molar-refractivity contribution < 1.29 is 5.11 Å². The molecule has 4 heteroatoms. The lowest BCUT2D eigenvalue weighted by Gasteiger charge is -2.07. The maximum Gasteiger partial charge on any atom is 0.123 e. The Bertz CT molecular complexity index is 515. The van der Waals surface area contributed by atoms with Crippen molar-refractivity contribution in [3.05, 3.63) is 48.0 Å². The average Bonchev–Trinajstić information content (AvgIpc) is 2.32. The molecule has 0 heterocycles. The Kier molecular flexibility index (Phi) is 4.37. The summed E-state index contributed by atoms with van der Waals surface area (Å²) in [5, 5.41) is 9.77. The summed E-state index contributed by atoms with van der Waals surface area (Å²) in [5.74, 6) is 0.225. The zero-order valence-electron chi connectivity index (χ0n) is 9.26. The van der Waals surface area contributed by atoms with E-state index in [-0.39, 0.29) is 18.2 Å². The Morgan fingerprint density at radius 3 is 2.53 bits per heavy atom. The van der Waals surface area contributed by atoms with Gasteiger partial charge in [0.2, 0.25) is 0 Å². The molecule has 0 aromatic heterocycles. The molecular formula is C13H15ClN2O. The van der Waals surface area contributed by atoms with Gasteiger partial charge in [0.25, 0.3) is 0 Å². The van der Waals surface area contributed by atoms with Crippen LogP contribution in [0.2, 0.25) is 0 Å². The monoisotopic (exact) mass is 250 g/mol. The van der Waals surface area contributed by atoms with Crippen LogP contribution in [0.25, 0.3) is 11.1 Å². The lowest BCUT2D eigenvalue weighted by molar-refractivity contribution is 0.477. The summed E-state index contributed by atoms with van der Waals surface area (Å²) in [5.41, 5.74) is 14.6. The van der Waals surface area contributed by atoms with Crippen LogP contribution in [0.15, 0.2) is 42.5 Å². The van der Waals surface area contributed by atoms with E-state index in [1.54, 1.807) is 18.2 Å². The standard InChI is InChI=1S/C13H14N2O.ClH/c14-8-9-2-1-3-10(6-9)12-7-11(15)4-5-13(12)16;/h1-7,16H,8,14-15H2;1H. The van der Waals surface area contributed by atoms with Gasteiger partial charge < -0.3 is 16.6 Å². The lowest BCUT2D eigenvalue weighted by Crippen LogP contribution is -1.96. The van der Waals surface area contributed by atoms with Gasteiger partial charge in [-0.15, -0.1) is 12.4 Å². The summed E-state index contributed by atoms with van der Waals surface area (Å²) in [6.45, 7) is 0.483. The normalized spacial score (nSPS) is 9.71. The van der Waals surface area contributed by atoms with Crippen LogP contribution < -0.4 is 11.5 Å². The number of anilines is 1. The SMILES string of the molecule is Cl.NCc1cccc(-c2cc(N)ccc2O)c1. The molecule has 0 aliphatic rings. The van der Waals surface area contributed by atoms with Crippen LogP contribution >= 0.6 is 12.4 Å². The van der Waals surface area contributed by atoms with Gasteiger partial charge in [-0.25, -0.2) is 0 Å². The molecule has 0 bridgehead atoms. The number of aromatic hydroxyl groups is 1. The number of nitrogens with two attached hydrogens (primary N) is 2. The quantitative estimate of drug-likeness (QED) is 0.567. The molecule has 0 amide bonds. The first-order valence-electron chi connectivity index (χ1n) is 5.08. The third-order valence-electron chi connectivity index (χ3n) is 2.49. The number of benzene rings is 2. The van der Waals surface area contributed by atoms with E-state index in [4.69, 9.17) is 11.5 Å². The number of hydrogen-bond donors (Lipinski definition) is 3. The first kappa shape index (κ1) is 13.4. The van der Waals surface area contributed by atoms with Gasteiger partial charge >= 0.3 is 0 Å². The zero-order chi connectivity index (χ0) is 11.5. The van der Waals surface area contributed by atoms with Gasteiger partial charge in [0, 0.05) is 17.8 Å². The molecule has 0 atom stereocenters. The highest BCUT2D eigenvalue weighted by atomic mass is 35.5. The highest BCUT2D eigenvalue weighted by molar-refractivity contribution is 5.85. The summed E-state index contributed by atoms with van der Waals surface area (Å²) in [7, 11) is 0. The molecule has 0 unspecified atom stereocenters. The number of phenolic OH excluding ortho intramolecular Hbond substituents is 1. The van der Waals surface area contributed by atoms with Gasteiger partial charge in [-0.2, -0.15) is 0 Å². The molecule has 0 spiro atoms. The van der Waals surface area contributed by atoms with Crippen LogP contribution in [-0.2, 0) is 6.54 Å². The predicted molar refractivity (Wildman–Crippen MR) is 73.1 cm³/mol. The van der Waals surface area contributed by atoms with Crippen molar-refractivity contribution in [3.63, 3.8) is 0 Å². The molecular weight excluding hydrogens is 236 g/mol. The van der Waals surface area contributed by atoms with E-state index in [1.165, 1.54) is 0 Å². The van der Waals surface area contributed by atoms with Crippen LogP contribution in [0.4, 0.5) is 5.69 Å². The van der Waals surface area contributed by atoms with E-state index in [0.717, 1.165) is 16.7 Å². The fourth-order valence-electron chi connectivity index (χ4n) is 1.65. The Morgan fingerprint density at radius 2 is 1.82 bits per heavy atom. The second-order valence-electron chi connectivity index (χ2n) is 3.68. The fourth-order valence-corrected chi connectivity index (χ4v) is 1.65. The first-order valence-corrected chi connectivity index (χ1v) is 5.08. The maximum atomic E-state index is 9.77. The van der Waals surface area contributed by atoms with Crippen molar-refractivity contribution in [1.82, 2.24) is 0 Å². The average molecular weight is 251 g/mol. The third kappa shape index (κ3) is 2.90. The van der Waals surface area contributed by atoms with Crippen molar-refractivity contribution in [2.75, 3.05) is 5.73 Å². The summed E-state index contributed by atoms with van der Waals surface area (Å²) in [4.78, 5) is 0. The van der Waals surface area contributed by atoms with Gasteiger partial charge in [0.1, 0.15) is 5.75 Å². The summed E-state index contributed by atoms with van der Waals surface area (Å²) >= 11 is 0. The Morgan fingerprint density at radius 1 is 1.06 bits per heavy atom. The Hall–Kier alpha value is -1.71. The molecule has 5 N–H and O–H groups in total. The zero-order valence-corrected chi connectivity index (χ0v) is 10.1. The maximum absolute atomic E-state index is 9.77. The molecule has 3 nitrogen and oxygen atoms in total. The Labute approximate surface area is 106 Å². The molecule has 0 saturated heterocycles. The number of halogens is 1. The fraction of sp³-hybridized carbons (Fsp3) is 0.0769. The summed E-state index contributed by atoms with van der Waals surface area (Å²) in [6, 6.07) is 12.8. The number of nitrogen functional groups attached to an aromatic ring is 1. The minimum atomic E-state index is 0. The van der Waals surface area contributed by atoms with E-state index in [0.29, 0.717) is 12.2 Å². The van der Waals surface area contributed by atoms with Crippen LogP contribution in [0.1, 0.15) is 5.56 Å².